The zero-order valence-electron chi connectivity index (χ0n) is 19.5. The van der Waals surface area contributed by atoms with E-state index in [9.17, 15) is 4.79 Å². The molecule has 2 aromatic carbocycles. The summed E-state index contributed by atoms with van der Waals surface area (Å²) in [5.41, 5.74) is 3.09. The first-order valence-corrected chi connectivity index (χ1v) is 12.1. The lowest BCUT2D eigenvalue weighted by atomic mass is 9.59. The van der Waals surface area contributed by atoms with Crippen molar-refractivity contribution < 1.29 is 4.79 Å². The third-order valence-electron chi connectivity index (χ3n) is 7.76. The number of carbonyl (C=O) groups is 1. The predicted octanol–water partition coefficient (Wildman–Crippen LogP) is 4.27. The van der Waals surface area contributed by atoms with Crippen molar-refractivity contribution in [3.8, 4) is 0 Å². The van der Waals surface area contributed by atoms with Crippen molar-refractivity contribution in [3.05, 3.63) is 71.3 Å². The van der Waals surface area contributed by atoms with E-state index < -0.39 is 5.54 Å². The molecular formula is C28H35N3O. The molecule has 0 aromatic heterocycles. The Balaban J connectivity index is 1.44. The van der Waals surface area contributed by atoms with Gasteiger partial charge in [-0.1, -0.05) is 74.0 Å². The zero-order chi connectivity index (χ0) is 22.3. The molecule has 1 N–H and O–H groups in total. The Morgan fingerprint density at radius 3 is 2.59 bits per heavy atom. The lowest BCUT2D eigenvalue weighted by molar-refractivity contribution is -0.132. The number of rotatable bonds is 7. The predicted molar refractivity (Wildman–Crippen MR) is 130 cm³/mol. The minimum absolute atomic E-state index is 0.117. The summed E-state index contributed by atoms with van der Waals surface area (Å²) < 4.78 is 0. The molecule has 0 radical (unpaired) electrons. The molecule has 4 nitrogen and oxygen atoms in total. The number of hydrogen-bond donors (Lipinski definition) is 1. The largest absolute Gasteiger partial charge is 0.350 e. The molecule has 168 valence electrons. The molecule has 3 heterocycles. The van der Waals surface area contributed by atoms with E-state index in [0.29, 0.717) is 30.2 Å². The summed E-state index contributed by atoms with van der Waals surface area (Å²) >= 11 is 0. The van der Waals surface area contributed by atoms with Gasteiger partial charge in [-0.05, 0) is 48.6 Å². The molecule has 4 heteroatoms. The number of nitrogens with zero attached hydrogens (tertiary/aromatic N) is 2. The number of carbonyl (C=O) groups excluding carboxylic acids is 1. The summed E-state index contributed by atoms with van der Waals surface area (Å²) in [7, 11) is 0. The van der Waals surface area contributed by atoms with Gasteiger partial charge in [-0.15, -0.1) is 0 Å². The van der Waals surface area contributed by atoms with Gasteiger partial charge in [-0.3, -0.25) is 14.7 Å². The summed E-state index contributed by atoms with van der Waals surface area (Å²) in [5, 5.41) is 3.28. The SMILES string of the molecule is Cc1ccc(CNC(=O)C23N=CC4CC2CN(CC(C)C)C3C4Cc2ccccc2)cc1. The van der Waals surface area contributed by atoms with E-state index in [2.05, 4.69) is 91.8 Å². The maximum Gasteiger partial charge on any atom is 0.250 e. The lowest BCUT2D eigenvalue weighted by Crippen LogP contribution is -2.66. The number of benzene rings is 2. The topological polar surface area (TPSA) is 44.7 Å². The molecule has 1 saturated heterocycles. The van der Waals surface area contributed by atoms with Gasteiger partial charge >= 0.3 is 0 Å². The Morgan fingerprint density at radius 2 is 1.88 bits per heavy atom. The van der Waals surface area contributed by atoms with Crippen LogP contribution in [0.15, 0.2) is 59.6 Å². The highest BCUT2D eigenvalue weighted by Gasteiger charge is 2.67. The molecule has 1 amide bonds. The van der Waals surface area contributed by atoms with Gasteiger partial charge < -0.3 is 5.32 Å². The highest BCUT2D eigenvalue weighted by Crippen LogP contribution is 2.54. The van der Waals surface area contributed by atoms with Crippen LogP contribution in [0.2, 0.25) is 0 Å². The Kier molecular flexibility index (Phi) is 5.66. The molecule has 2 fully saturated rings. The molecule has 4 bridgehead atoms. The van der Waals surface area contributed by atoms with E-state index in [1.807, 2.05) is 0 Å². The second kappa shape index (κ2) is 8.47. The Hall–Kier alpha value is -2.46. The van der Waals surface area contributed by atoms with Gasteiger partial charge in [0, 0.05) is 37.8 Å². The van der Waals surface area contributed by atoms with E-state index in [1.165, 1.54) is 11.1 Å². The third-order valence-corrected chi connectivity index (χ3v) is 7.76. The molecule has 3 aliphatic heterocycles. The van der Waals surface area contributed by atoms with Crippen LogP contribution in [0.3, 0.4) is 0 Å². The molecular weight excluding hydrogens is 394 g/mol. The van der Waals surface area contributed by atoms with Crippen molar-refractivity contribution in [3.63, 3.8) is 0 Å². The quantitative estimate of drug-likeness (QED) is 0.714. The molecule has 0 spiro atoms. The van der Waals surface area contributed by atoms with Crippen LogP contribution in [-0.2, 0) is 17.8 Å². The van der Waals surface area contributed by atoms with Crippen LogP contribution < -0.4 is 5.32 Å². The summed E-state index contributed by atoms with van der Waals surface area (Å²) in [6.07, 6.45) is 4.21. The number of aryl methyl sites for hydroxylation is 1. The van der Waals surface area contributed by atoms with Gasteiger partial charge in [0.1, 0.15) is 0 Å². The maximum absolute atomic E-state index is 13.9. The van der Waals surface area contributed by atoms with Crippen molar-refractivity contribution in [1.82, 2.24) is 10.2 Å². The third kappa shape index (κ3) is 3.69. The fourth-order valence-electron chi connectivity index (χ4n) is 6.43. The maximum atomic E-state index is 13.9. The highest BCUT2D eigenvalue weighted by molar-refractivity contribution is 5.92. The van der Waals surface area contributed by atoms with E-state index in [4.69, 9.17) is 4.99 Å². The smallest absolute Gasteiger partial charge is 0.250 e. The van der Waals surface area contributed by atoms with E-state index in [1.54, 1.807) is 0 Å². The van der Waals surface area contributed by atoms with Gasteiger partial charge in [0.25, 0.3) is 0 Å². The van der Waals surface area contributed by atoms with Gasteiger partial charge in [0.2, 0.25) is 5.91 Å². The van der Waals surface area contributed by atoms with Crippen LogP contribution in [0.25, 0.3) is 0 Å². The second-order valence-electron chi connectivity index (χ2n) is 10.5. The summed E-state index contributed by atoms with van der Waals surface area (Å²) in [6.45, 7) is 9.22. The number of aliphatic imine (C=N–C) groups is 1. The number of amides is 1. The fraction of sp³-hybridized carbons (Fsp3) is 0.500. The van der Waals surface area contributed by atoms with Crippen LogP contribution in [0, 0.1) is 30.6 Å². The monoisotopic (exact) mass is 429 g/mol. The molecule has 1 aliphatic carbocycles. The number of hydrogen-bond acceptors (Lipinski definition) is 3. The first kappa shape index (κ1) is 21.4. The second-order valence-corrected chi connectivity index (χ2v) is 10.5. The highest BCUT2D eigenvalue weighted by atomic mass is 16.2. The van der Waals surface area contributed by atoms with Crippen LogP contribution in [0.1, 0.15) is 37.0 Å². The van der Waals surface area contributed by atoms with Gasteiger partial charge in [0.05, 0.1) is 0 Å². The van der Waals surface area contributed by atoms with E-state index >= 15 is 0 Å². The van der Waals surface area contributed by atoms with Crippen LogP contribution >= 0.6 is 0 Å². The number of likely N-dealkylation sites (tertiary alicyclic amines) is 1. The first-order chi connectivity index (χ1) is 15.5. The van der Waals surface area contributed by atoms with Crippen molar-refractivity contribution in [2.24, 2.45) is 28.7 Å². The Labute approximate surface area is 192 Å². The van der Waals surface area contributed by atoms with Crippen LogP contribution in [0.4, 0.5) is 0 Å². The van der Waals surface area contributed by atoms with E-state index in [0.717, 1.165) is 31.5 Å². The molecule has 2 aromatic rings. The van der Waals surface area contributed by atoms with Gasteiger partial charge in [-0.2, -0.15) is 0 Å². The van der Waals surface area contributed by atoms with E-state index in [-0.39, 0.29) is 11.9 Å². The van der Waals surface area contributed by atoms with Crippen LogP contribution in [0.5, 0.6) is 0 Å². The van der Waals surface area contributed by atoms with Crippen molar-refractivity contribution >= 4 is 12.1 Å². The normalized spacial score (nSPS) is 30.8. The van der Waals surface area contributed by atoms with Gasteiger partial charge in [0.15, 0.2) is 5.54 Å². The minimum atomic E-state index is -0.645. The molecule has 32 heavy (non-hydrogen) atoms. The molecule has 6 rings (SSSR count). The summed E-state index contributed by atoms with van der Waals surface area (Å²) in [6, 6.07) is 19.4. The summed E-state index contributed by atoms with van der Waals surface area (Å²) in [5.74, 6) is 1.90. The van der Waals surface area contributed by atoms with Gasteiger partial charge in [-0.25, -0.2) is 0 Å². The average molecular weight is 430 g/mol. The first-order valence-electron chi connectivity index (χ1n) is 12.1. The van der Waals surface area contributed by atoms with Crippen molar-refractivity contribution in [1.29, 1.82) is 0 Å². The Bertz CT molecular complexity index is 983. The standard InChI is InChI=1S/C28H35N3O/c1-19(2)17-31-18-24-14-23-16-30-28(24,26(31)25(23)13-21-7-5-4-6-8-21)27(32)29-15-22-11-9-20(3)10-12-22/h4-12,16,19,23-26H,13-15,17-18H2,1-3H3,(H,29,32). The number of nitrogens with one attached hydrogen (secondary N) is 1. The molecule has 5 atom stereocenters. The lowest BCUT2D eigenvalue weighted by Gasteiger charge is -2.51. The Morgan fingerprint density at radius 1 is 1.12 bits per heavy atom. The van der Waals surface area contributed by atoms with Crippen LogP contribution in [-0.4, -0.2) is 41.7 Å². The van der Waals surface area contributed by atoms with Crippen molar-refractivity contribution in [2.75, 3.05) is 13.1 Å². The molecule has 5 unspecified atom stereocenters. The average Bonchev–Trinajstić information content (AvgIpc) is 3.04. The van der Waals surface area contributed by atoms with Crippen molar-refractivity contribution in [2.45, 2.75) is 51.7 Å². The fourth-order valence-corrected chi connectivity index (χ4v) is 6.43. The molecule has 4 aliphatic rings. The minimum Gasteiger partial charge on any atom is -0.350 e. The molecule has 1 saturated carbocycles. The zero-order valence-corrected chi connectivity index (χ0v) is 19.5. The summed E-state index contributed by atoms with van der Waals surface area (Å²) in [4.78, 5) is 21.5.